The third-order valence-electron chi connectivity index (χ3n) is 4.21. The number of amides is 1. The zero-order valence-electron chi connectivity index (χ0n) is 14.5. The molecule has 0 radical (unpaired) electrons. The molecule has 0 aliphatic carbocycles. The molecule has 1 amide bonds. The van der Waals surface area contributed by atoms with Gasteiger partial charge in [0.2, 0.25) is 0 Å². The average Bonchev–Trinajstić information content (AvgIpc) is 3.03. The maximum absolute atomic E-state index is 12.5. The van der Waals surface area contributed by atoms with E-state index in [0.29, 0.717) is 11.4 Å². The smallest absolute Gasteiger partial charge is 0.254 e. The first kappa shape index (κ1) is 16.9. The van der Waals surface area contributed by atoms with Gasteiger partial charge in [-0.3, -0.25) is 4.79 Å². The standard InChI is InChI=1S/C20H22N4O/c1-15(11-12-17-8-4-3-5-9-17)23-20(25)18-14-22-24(16(18)2)19-10-6-7-13-21-19/h3-10,13-15H,11-12H2,1-2H3,(H,23,25). The number of aromatic nitrogens is 3. The van der Waals surface area contributed by atoms with Crippen LogP contribution >= 0.6 is 0 Å². The van der Waals surface area contributed by atoms with Crippen LogP contribution < -0.4 is 5.32 Å². The largest absolute Gasteiger partial charge is 0.349 e. The Morgan fingerprint density at radius 3 is 2.64 bits per heavy atom. The fourth-order valence-electron chi connectivity index (χ4n) is 2.74. The number of hydrogen-bond donors (Lipinski definition) is 1. The lowest BCUT2D eigenvalue weighted by Gasteiger charge is -2.14. The molecular weight excluding hydrogens is 312 g/mol. The van der Waals surface area contributed by atoms with Crippen molar-refractivity contribution >= 4 is 5.91 Å². The maximum atomic E-state index is 12.5. The number of nitrogens with one attached hydrogen (secondary N) is 1. The highest BCUT2D eigenvalue weighted by Crippen LogP contribution is 2.13. The summed E-state index contributed by atoms with van der Waals surface area (Å²) in [6, 6.07) is 16.0. The van der Waals surface area contributed by atoms with Gasteiger partial charge in [0.15, 0.2) is 5.82 Å². The van der Waals surface area contributed by atoms with Crippen LogP contribution in [-0.2, 0) is 6.42 Å². The lowest BCUT2D eigenvalue weighted by atomic mass is 10.1. The molecule has 3 rings (SSSR count). The molecule has 5 nitrogen and oxygen atoms in total. The number of pyridine rings is 1. The number of nitrogens with zero attached hydrogens (tertiary/aromatic N) is 3. The number of carbonyl (C=O) groups excluding carboxylic acids is 1. The summed E-state index contributed by atoms with van der Waals surface area (Å²) >= 11 is 0. The number of aryl methyl sites for hydroxylation is 1. The highest BCUT2D eigenvalue weighted by molar-refractivity contribution is 5.95. The van der Waals surface area contributed by atoms with Crippen molar-refractivity contribution in [3.63, 3.8) is 0 Å². The Morgan fingerprint density at radius 2 is 1.92 bits per heavy atom. The molecule has 0 bridgehead atoms. The van der Waals surface area contributed by atoms with Crippen molar-refractivity contribution in [2.45, 2.75) is 32.7 Å². The zero-order chi connectivity index (χ0) is 17.6. The highest BCUT2D eigenvalue weighted by atomic mass is 16.1. The second-order valence-corrected chi connectivity index (χ2v) is 6.14. The first-order valence-corrected chi connectivity index (χ1v) is 8.46. The predicted octanol–water partition coefficient (Wildman–Crippen LogP) is 3.33. The molecule has 0 saturated heterocycles. The van der Waals surface area contributed by atoms with Crippen LogP contribution in [0.5, 0.6) is 0 Å². The summed E-state index contributed by atoms with van der Waals surface area (Å²) in [4.78, 5) is 16.8. The molecule has 1 N–H and O–H groups in total. The van der Waals surface area contributed by atoms with Gasteiger partial charge >= 0.3 is 0 Å². The summed E-state index contributed by atoms with van der Waals surface area (Å²) in [5, 5.41) is 7.36. The third-order valence-corrected chi connectivity index (χ3v) is 4.21. The molecule has 0 aliphatic rings. The minimum atomic E-state index is -0.0970. The summed E-state index contributed by atoms with van der Waals surface area (Å²) in [6.45, 7) is 3.91. The van der Waals surface area contributed by atoms with Crippen LogP contribution in [0.2, 0.25) is 0 Å². The van der Waals surface area contributed by atoms with Gasteiger partial charge in [0.1, 0.15) is 0 Å². The summed E-state index contributed by atoms with van der Waals surface area (Å²) in [7, 11) is 0. The van der Waals surface area contributed by atoms with E-state index in [0.717, 1.165) is 18.5 Å². The molecule has 25 heavy (non-hydrogen) atoms. The highest BCUT2D eigenvalue weighted by Gasteiger charge is 2.17. The van der Waals surface area contributed by atoms with Gasteiger partial charge in [-0.15, -0.1) is 0 Å². The third kappa shape index (κ3) is 4.12. The fourth-order valence-corrected chi connectivity index (χ4v) is 2.74. The summed E-state index contributed by atoms with van der Waals surface area (Å²) < 4.78 is 1.68. The Balaban J connectivity index is 1.62. The van der Waals surface area contributed by atoms with Crippen molar-refractivity contribution in [2.75, 3.05) is 0 Å². The normalized spacial score (nSPS) is 11.9. The van der Waals surface area contributed by atoms with E-state index in [9.17, 15) is 4.79 Å². The van der Waals surface area contributed by atoms with Crippen molar-refractivity contribution in [2.24, 2.45) is 0 Å². The van der Waals surface area contributed by atoms with Crippen molar-refractivity contribution < 1.29 is 4.79 Å². The van der Waals surface area contributed by atoms with Crippen molar-refractivity contribution in [1.82, 2.24) is 20.1 Å². The van der Waals surface area contributed by atoms with E-state index in [1.165, 1.54) is 5.56 Å². The second kappa shape index (κ2) is 7.75. The quantitative estimate of drug-likeness (QED) is 0.752. The number of carbonyl (C=O) groups is 1. The Morgan fingerprint density at radius 1 is 1.16 bits per heavy atom. The second-order valence-electron chi connectivity index (χ2n) is 6.14. The number of rotatable bonds is 6. The van der Waals surface area contributed by atoms with E-state index in [4.69, 9.17) is 0 Å². The van der Waals surface area contributed by atoms with Gasteiger partial charge in [0, 0.05) is 12.2 Å². The van der Waals surface area contributed by atoms with Gasteiger partial charge < -0.3 is 5.32 Å². The summed E-state index contributed by atoms with van der Waals surface area (Å²) in [6.07, 6.45) is 5.14. The topological polar surface area (TPSA) is 59.8 Å². The Labute approximate surface area is 147 Å². The molecule has 2 aromatic heterocycles. The maximum Gasteiger partial charge on any atom is 0.254 e. The van der Waals surface area contributed by atoms with Crippen LogP contribution in [-0.4, -0.2) is 26.7 Å². The Bertz CT molecular complexity index is 827. The molecule has 128 valence electrons. The SMILES string of the molecule is Cc1c(C(=O)NC(C)CCc2ccccc2)cnn1-c1ccccn1. The van der Waals surface area contributed by atoms with Crippen molar-refractivity contribution in [1.29, 1.82) is 0 Å². The Kier molecular flexibility index (Phi) is 5.23. The molecule has 1 unspecified atom stereocenters. The number of benzene rings is 1. The Hall–Kier alpha value is -2.95. The molecule has 0 saturated carbocycles. The lowest BCUT2D eigenvalue weighted by Crippen LogP contribution is -2.33. The van der Waals surface area contributed by atoms with Gasteiger partial charge in [-0.25, -0.2) is 9.67 Å². The summed E-state index contributed by atoms with van der Waals surface area (Å²) in [5.41, 5.74) is 2.64. The molecule has 1 atom stereocenters. The summed E-state index contributed by atoms with van der Waals surface area (Å²) in [5.74, 6) is 0.608. The van der Waals surface area contributed by atoms with E-state index in [-0.39, 0.29) is 11.9 Å². The molecule has 1 aromatic carbocycles. The van der Waals surface area contributed by atoms with E-state index >= 15 is 0 Å². The first-order valence-electron chi connectivity index (χ1n) is 8.46. The van der Waals surface area contributed by atoms with Crippen molar-refractivity contribution in [3.8, 4) is 5.82 Å². The van der Waals surface area contributed by atoms with Gasteiger partial charge in [-0.2, -0.15) is 5.10 Å². The van der Waals surface area contributed by atoms with Gasteiger partial charge in [-0.05, 0) is 44.4 Å². The van der Waals surface area contributed by atoms with Crippen LogP contribution in [0.1, 0.15) is 35.0 Å². The van der Waals surface area contributed by atoms with E-state index in [1.54, 1.807) is 17.1 Å². The molecule has 3 aromatic rings. The van der Waals surface area contributed by atoms with Gasteiger partial charge in [-0.1, -0.05) is 36.4 Å². The minimum Gasteiger partial charge on any atom is -0.349 e. The lowest BCUT2D eigenvalue weighted by molar-refractivity contribution is 0.0938. The molecule has 0 aliphatic heterocycles. The van der Waals surface area contributed by atoms with Crippen LogP contribution in [0.4, 0.5) is 0 Å². The van der Waals surface area contributed by atoms with Crippen molar-refractivity contribution in [3.05, 3.63) is 77.7 Å². The van der Waals surface area contributed by atoms with Gasteiger partial charge in [0.05, 0.1) is 17.5 Å². The molecule has 5 heteroatoms. The minimum absolute atomic E-state index is 0.0882. The van der Waals surface area contributed by atoms with Gasteiger partial charge in [0.25, 0.3) is 5.91 Å². The molecular formula is C20H22N4O. The van der Waals surface area contributed by atoms with Crippen LogP contribution in [0.3, 0.4) is 0 Å². The first-order chi connectivity index (χ1) is 12.1. The van der Waals surface area contributed by atoms with E-state index in [1.807, 2.05) is 50.2 Å². The molecule has 2 heterocycles. The van der Waals surface area contributed by atoms with E-state index in [2.05, 4.69) is 27.5 Å². The number of hydrogen-bond acceptors (Lipinski definition) is 3. The fraction of sp³-hybridized carbons (Fsp3) is 0.250. The molecule has 0 fully saturated rings. The van der Waals surface area contributed by atoms with Crippen LogP contribution in [0, 0.1) is 6.92 Å². The molecule has 0 spiro atoms. The van der Waals surface area contributed by atoms with Crippen LogP contribution in [0.25, 0.3) is 5.82 Å². The average molecular weight is 334 g/mol. The zero-order valence-corrected chi connectivity index (χ0v) is 14.5. The van der Waals surface area contributed by atoms with E-state index < -0.39 is 0 Å². The monoisotopic (exact) mass is 334 g/mol. The van der Waals surface area contributed by atoms with Crippen LogP contribution in [0.15, 0.2) is 60.9 Å². The predicted molar refractivity (Wildman–Crippen MR) is 97.8 cm³/mol.